The van der Waals surface area contributed by atoms with E-state index < -0.39 is 137 Å². The van der Waals surface area contributed by atoms with Gasteiger partial charge in [0.1, 0.15) is 11.2 Å². The fraction of sp³-hybridized carbons (Fsp3) is 0. The van der Waals surface area contributed by atoms with E-state index in [0.29, 0.717) is 32.2 Å². The quantitative estimate of drug-likeness (QED) is 0.144. The number of rotatable bonds is 5. The van der Waals surface area contributed by atoms with Crippen LogP contribution >= 0.6 is 0 Å². The van der Waals surface area contributed by atoms with Crippen molar-refractivity contribution < 1.29 is 29.1 Å². The molecule has 0 fully saturated rings. The van der Waals surface area contributed by atoms with Gasteiger partial charge in [0.2, 0.25) is 0 Å². The van der Waals surface area contributed by atoms with Crippen LogP contribution in [0.5, 0.6) is 0 Å². The van der Waals surface area contributed by atoms with Crippen molar-refractivity contribution in [2.24, 2.45) is 0 Å². The molecule has 0 radical (unpaired) electrons. The molecule has 9 aromatic carbocycles. The van der Waals surface area contributed by atoms with Gasteiger partial charge in [-0.15, -0.1) is 0 Å². The van der Waals surface area contributed by atoms with Crippen LogP contribution in [0.3, 0.4) is 0 Å². The van der Waals surface area contributed by atoms with Crippen LogP contribution in [0.4, 0.5) is 17.1 Å². The molecule has 214 valence electrons. The highest BCUT2D eigenvalue weighted by atomic mass is 16.3. The van der Waals surface area contributed by atoms with Gasteiger partial charge >= 0.3 is 0 Å². The SMILES string of the molecule is [2H]c1c([2H])c([2H])c(-c2c([2H])c([2H])c(N(c3c([2H])c([2H])c([2H])c([2H])c3[2H])c3c([2H])c([2H])c([2H])c(-c4ccc5oc6ccc7ccc8cccc9c4c5c6c7c89)c3[2H])c([2H])c2[2H])c([2H])c1[2H]. The molecule has 0 unspecified atom stereocenters. The summed E-state index contributed by atoms with van der Waals surface area (Å²) in [6, 6.07) is 1.22. The summed E-state index contributed by atoms with van der Waals surface area (Å²) in [5.74, 6) is 0. The summed E-state index contributed by atoms with van der Waals surface area (Å²) in [6.07, 6.45) is 0. The van der Waals surface area contributed by atoms with Crippen LogP contribution in [-0.2, 0) is 0 Å². The molecule has 0 amide bonds. The average molecular weight is 604 g/mol. The number of anilines is 3. The van der Waals surface area contributed by atoms with Gasteiger partial charge in [0.05, 0.1) is 24.7 Å². The zero-order valence-corrected chi connectivity index (χ0v) is 23.6. The van der Waals surface area contributed by atoms with Gasteiger partial charge in [0.25, 0.3) is 0 Å². The summed E-state index contributed by atoms with van der Waals surface area (Å²) in [5.41, 5.74) is -2.72. The van der Waals surface area contributed by atoms with Crippen molar-refractivity contribution in [2.75, 3.05) is 4.90 Å². The van der Waals surface area contributed by atoms with E-state index in [1.807, 2.05) is 42.5 Å². The molecule has 0 saturated carbocycles. The molecule has 1 heterocycles. The van der Waals surface area contributed by atoms with Crippen LogP contribution < -0.4 is 4.90 Å². The zero-order valence-electron chi connectivity index (χ0n) is 41.6. The number of hydrogen-bond donors (Lipinski definition) is 0. The molecule has 46 heavy (non-hydrogen) atoms. The number of nitrogens with zero attached hydrogens (tertiary/aromatic N) is 1. The third kappa shape index (κ3) is 3.65. The molecule has 0 spiro atoms. The van der Waals surface area contributed by atoms with Gasteiger partial charge in [-0.2, -0.15) is 0 Å². The van der Waals surface area contributed by atoms with Gasteiger partial charge < -0.3 is 9.32 Å². The topological polar surface area (TPSA) is 16.4 Å². The molecular weight excluding hydrogens is 558 g/mol. The molecule has 0 aliphatic rings. The largest absolute Gasteiger partial charge is 0.456 e. The predicted octanol–water partition coefficient (Wildman–Crippen LogP) is 12.7. The monoisotopic (exact) mass is 603 g/mol. The minimum absolute atomic E-state index is 0.232. The Hall–Kier alpha value is -6.12. The first-order valence-corrected chi connectivity index (χ1v) is 14.3. The van der Waals surface area contributed by atoms with Crippen molar-refractivity contribution in [2.45, 2.75) is 0 Å². The van der Waals surface area contributed by atoms with Crippen molar-refractivity contribution in [1.82, 2.24) is 0 Å². The van der Waals surface area contributed by atoms with E-state index in [9.17, 15) is 11.0 Å². The highest BCUT2D eigenvalue weighted by Gasteiger charge is 2.23. The summed E-state index contributed by atoms with van der Waals surface area (Å²) in [7, 11) is 0. The van der Waals surface area contributed by atoms with Gasteiger partial charge in [-0.05, 0) is 92.2 Å². The van der Waals surface area contributed by atoms with Gasteiger partial charge in [0.15, 0.2) is 0 Å². The van der Waals surface area contributed by atoms with E-state index in [-0.39, 0.29) is 11.1 Å². The molecule has 0 saturated heterocycles. The molecule has 0 aliphatic heterocycles. The molecule has 2 nitrogen and oxygen atoms in total. The number of hydrogen-bond acceptors (Lipinski definition) is 2. The second kappa shape index (κ2) is 9.69. The maximum Gasteiger partial charge on any atom is 0.136 e. The fourth-order valence-electron chi connectivity index (χ4n) is 6.43. The van der Waals surface area contributed by atoms with E-state index in [0.717, 1.165) is 26.9 Å². The van der Waals surface area contributed by atoms with E-state index >= 15 is 0 Å². The lowest BCUT2D eigenvalue weighted by atomic mass is 9.86. The van der Waals surface area contributed by atoms with Gasteiger partial charge in [-0.1, -0.05) is 115 Å². The lowest BCUT2D eigenvalue weighted by molar-refractivity contribution is 0.669. The zero-order chi connectivity index (χ0) is 45.9. The Bertz CT molecular complexity index is 3640. The average Bonchev–Trinajstić information content (AvgIpc) is 3.67. The Morgan fingerprint density at radius 1 is 0.435 bits per heavy atom. The predicted molar refractivity (Wildman–Crippen MR) is 194 cm³/mol. The van der Waals surface area contributed by atoms with Crippen molar-refractivity contribution in [3.63, 3.8) is 0 Å². The van der Waals surface area contributed by atoms with E-state index in [1.165, 1.54) is 0 Å². The summed E-state index contributed by atoms with van der Waals surface area (Å²) in [5, 5.41) is 6.27. The summed E-state index contributed by atoms with van der Waals surface area (Å²) >= 11 is 0. The summed E-state index contributed by atoms with van der Waals surface area (Å²) in [4.78, 5) is 0.634. The Morgan fingerprint density at radius 3 is 1.85 bits per heavy atom. The van der Waals surface area contributed by atoms with Crippen LogP contribution in [0.25, 0.3) is 76.5 Å². The van der Waals surface area contributed by atoms with Crippen LogP contribution in [0.15, 0.2) is 168 Å². The smallest absolute Gasteiger partial charge is 0.136 e. The molecule has 2 heteroatoms. The minimum Gasteiger partial charge on any atom is -0.456 e. The standard InChI is InChI=1S/C44H27NO/c1-3-9-28(10-4-1)29-19-22-34(23-20-29)45(33-13-5-2-6-14-33)35-15-7-12-32(27-35)36-24-26-39-44-42(36)37-16-8-11-30-17-18-31-21-25-38(46-39)43(44)41(31)40(30)37/h1-27H/i1D,2D,3D,4D,5D,6D,7D,9D,10D,12D,13D,14D,15D,19D,20D,22D,23D,27D. The highest BCUT2D eigenvalue weighted by Crippen LogP contribution is 2.49. The first kappa shape index (κ1) is 13.5. The second-order valence-electron chi connectivity index (χ2n) is 10.7. The summed E-state index contributed by atoms with van der Waals surface area (Å²) < 4.78 is 166. The van der Waals surface area contributed by atoms with Crippen LogP contribution in [-0.4, -0.2) is 0 Å². The third-order valence-corrected chi connectivity index (χ3v) is 8.30. The lowest BCUT2D eigenvalue weighted by Crippen LogP contribution is -2.09. The van der Waals surface area contributed by atoms with Crippen LogP contribution in [0.2, 0.25) is 0 Å². The third-order valence-electron chi connectivity index (χ3n) is 8.30. The van der Waals surface area contributed by atoms with Crippen molar-refractivity contribution in [1.29, 1.82) is 0 Å². The molecule has 0 bridgehead atoms. The summed E-state index contributed by atoms with van der Waals surface area (Å²) in [6.45, 7) is 0. The number of benzene rings is 9. The molecule has 10 rings (SSSR count). The van der Waals surface area contributed by atoms with Gasteiger partial charge in [-0.3, -0.25) is 0 Å². The number of furan rings is 1. The Labute approximate surface area is 291 Å². The van der Waals surface area contributed by atoms with Gasteiger partial charge in [0, 0.05) is 38.6 Å². The normalized spacial score (nSPS) is 17.4. The molecule has 10 aromatic rings. The minimum atomic E-state index is -1.01. The first-order chi connectivity index (χ1) is 30.3. The van der Waals surface area contributed by atoms with E-state index in [1.54, 1.807) is 12.1 Å². The molecular formula is C44H27NO. The lowest BCUT2D eigenvalue weighted by Gasteiger charge is -2.26. The molecule has 1 aromatic heterocycles. The number of fused-ring (bicyclic) bond motifs is 1. The Kier molecular flexibility index (Phi) is 2.84. The Morgan fingerprint density at radius 2 is 1.04 bits per heavy atom. The second-order valence-corrected chi connectivity index (χ2v) is 10.7. The fourth-order valence-corrected chi connectivity index (χ4v) is 6.43. The van der Waals surface area contributed by atoms with Gasteiger partial charge in [-0.25, -0.2) is 0 Å². The molecule has 0 N–H and O–H groups in total. The highest BCUT2D eigenvalue weighted by molar-refractivity contribution is 6.40. The molecule has 0 atom stereocenters. The van der Waals surface area contributed by atoms with Crippen molar-refractivity contribution in [3.05, 3.63) is 163 Å². The van der Waals surface area contributed by atoms with E-state index in [2.05, 4.69) is 0 Å². The number of para-hydroxylation sites is 1. The van der Waals surface area contributed by atoms with Crippen molar-refractivity contribution >= 4 is 71.3 Å². The van der Waals surface area contributed by atoms with Crippen LogP contribution in [0.1, 0.15) is 24.7 Å². The maximum atomic E-state index is 9.95. The molecule has 0 aliphatic carbocycles. The van der Waals surface area contributed by atoms with E-state index in [4.69, 9.17) is 18.1 Å². The first-order valence-electron chi connectivity index (χ1n) is 23.3. The van der Waals surface area contributed by atoms with Crippen LogP contribution in [0, 0.1) is 0 Å². The Balaban J connectivity index is 1.36. The van der Waals surface area contributed by atoms with Crippen molar-refractivity contribution in [3.8, 4) is 22.3 Å². The maximum absolute atomic E-state index is 9.95.